The highest BCUT2D eigenvalue weighted by molar-refractivity contribution is 5.35. The van der Waals surface area contributed by atoms with Gasteiger partial charge in [0.25, 0.3) is 0 Å². The number of benzene rings is 3. The SMILES string of the molecule is Cc1ccc([C@@H](NCc2cccc(C#N)c2)c2ccccc2)cc1. The Bertz CT molecular complexity index is 830. The van der Waals surface area contributed by atoms with Gasteiger partial charge in [0, 0.05) is 6.54 Å². The molecule has 0 heterocycles. The highest BCUT2D eigenvalue weighted by Gasteiger charge is 2.13. The molecule has 3 rings (SSSR count). The Hall–Kier alpha value is -2.89. The van der Waals surface area contributed by atoms with E-state index in [4.69, 9.17) is 5.26 Å². The maximum atomic E-state index is 9.05. The van der Waals surface area contributed by atoms with Crippen molar-refractivity contribution >= 4 is 0 Å². The summed E-state index contributed by atoms with van der Waals surface area (Å²) in [7, 11) is 0. The monoisotopic (exact) mass is 312 g/mol. The van der Waals surface area contributed by atoms with Crippen molar-refractivity contribution in [1.29, 1.82) is 5.26 Å². The molecule has 0 unspecified atom stereocenters. The second-order valence-corrected chi connectivity index (χ2v) is 5.95. The van der Waals surface area contributed by atoms with Crippen molar-refractivity contribution in [2.75, 3.05) is 0 Å². The molecule has 0 radical (unpaired) electrons. The third-order valence-corrected chi connectivity index (χ3v) is 4.11. The van der Waals surface area contributed by atoms with Gasteiger partial charge in [-0.25, -0.2) is 0 Å². The number of nitrogens with zero attached hydrogens (tertiary/aromatic N) is 1. The van der Waals surface area contributed by atoms with Crippen LogP contribution in [0.3, 0.4) is 0 Å². The fraction of sp³-hybridized carbons (Fsp3) is 0.136. The van der Waals surface area contributed by atoms with Gasteiger partial charge in [0.15, 0.2) is 0 Å². The van der Waals surface area contributed by atoms with Crippen molar-refractivity contribution in [2.24, 2.45) is 0 Å². The van der Waals surface area contributed by atoms with E-state index in [0.717, 1.165) is 5.56 Å². The van der Waals surface area contributed by atoms with Crippen LogP contribution in [0, 0.1) is 18.3 Å². The highest BCUT2D eigenvalue weighted by atomic mass is 14.9. The Morgan fingerprint density at radius 1 is 0.875 bits per heavy atom. The Kier molecular flexibility index (Phi) is 5.05. The van der Waals surface area contributed by atoms with E-state index in [1.54, 1.807) is 0 Å². The molecule has 0 aliphatic carbocycles. The van der Waals surface area contributed by atoms with Crippen molar-refractivity contribution in [3.63, 3.8) is 0 Å². The molecule has 0 aliphatic rings. The van der Waals surface area contributed by atoms with Crippen molar-refractivity contribution in [2.45, 2.75) is 19.5 Å². The van der Waals surface area contributed by atoms with Crippen LogP contribution >= 0.6 is 0 Å². The zero-order valence-corrected chi connectivity index (χ0v) is 13.7. The number of hydrogen-bond acceptors (Lipinski definition) is 2. The van der Waals surface area contributed by atoms with E-state index < -0.39 is 0 Å². The van der Waals surface area contributed by atoms with Crippen LogP contribution in [0.25, 0.3) is 0 Å². The van der Waals surface area contributed by atoms with Gasteiger partial charge in [-0.2, -0.15) is 5.26 Å². The first-order valence-electron chi connectivity index (χ1n) is 8.10. The minimum absolute atomic E-state index is 0.123. The van der Waals surface area contributed by atoms with E-state index in [0.29, 0.717) is 12.1 Å². The lowest BCUT2D eigenvalue weighted by molar-refractivity contribution is 0.605. The molecule has 0 spiro atoms. The van der Waals surface area contributed by atoms with Crippen LogP contribution in [0.1, 0.15) is 33.9 Å². The average Bonchev–Trinajstić information content (AvgIpc) is 2.64. The standard InChI is InChI=1S/C22H20N2/c1-17-10-12-21(13-11-17)22(20-8-3-2-4-9-20)24-16-19-7-5-6-18(14-19)15-23/h2-14,22,24H,16H2,1H3/t22-/m0/s1. The summed E-state index contributed by atoms with van der Waals surface area (Å²) in [6.07, 6.45) is 0. The van der Waals surface area contributed by atoms with Gasteiger partial charge in [-0.05, 0) is 35.7 Å². The van der Waals surface area contributed by atoms with Crippen molar-refractivity contribution < 1.29 is 0 Å². The topological polar surface area (TPSA) is 35.8 Å². The van der Waals surface area contributed by atoms with Gasteiger partial charge in [0.2, 0.25) is 0 Å². The Balaban J connectivity index is 1.85. The predicted molar refractivity (Wildman–Crippen MR) is 97.5 cm³/mol. The largest absolute Gasteiger partial charge is 0.302 e. The van der Waals surface area contributed by atoms with E-state index in [2.05, 4.69) is 66.8 Å². The molecular formula is C22H20N2. The fourth-order valence-corrected chi connectivity index (χ4v) is 2.80. The molecule has 1 N–H and O–H groups in total. The van der Waals surface area contributed by atoms with Gasteiger partial charge in [-0.3, -0.25) is 0 Å². The average molecular weight is 312 g/mol. The maximum Gasteiger partial charge on any atom is 0.0991 e. The van der Waals surface area contributed by atoms with E-state index in [1.807, 2.05) is 30.3 Å². The molecule has 0 bridgehead atoms. The zero-order chi connectivity index (χ0) is 16.8. The van der Waals surface area contributed by atoms with E-state index in [1.165, 1.54) is 16.7 Å². The van der Waals surface area contributed by atoms with Gasteiger partial charge in [-0.15, -0.1) is 0 Å². The summed E-state index contributed by atoms with van der Waals surface area (Å²) >= 11 is 0. The first-order valence-corrected chi connectivity index (χ1v) is 8.10. The van der Waals surface area contributed by atoms with Crippen LogP contribution in [0.2, 0.25) is 0 Å². The van der Waals surface area contributed by atoms with Crippen molar-refractivity contribution in [3.05, 3.63) is 107 Å². The summed E-state index contributed by atoms with van der Waals surface area (Å²) in [4.78, 5) is 0. The highest BCUT2D eigenvalue weighted by Crippen LogP contribution is 2.23. The van der Waals surface area contributed by atoms with Gasteiger partial charge in [-0.1, -0.05) is 72.3 Å². The molecule has 0 aromatic heterocycles. The number of hydrogen-bond donors (Lipinski definition) is 1. The zero-order valence-electron chi connectivity index (χ0n) is 13.7. The summed E-state index contributed by atoms with van der Waals surface area (Å²) in [5, 5.41) is 12.7. The third kappa shape index (κ3) is 3.90. The molecule has 0 saturated carbocycles. The number of rotatable bonds is 5. The molecule has 24 heavy (non-hydrogen) atoms. The quantitative estimate of drug-likeness (QED) is 0.738. The normalized spacial score (nSPS) is 11.7. The molecule has 0 amide bonds. The van der Waals surface area contributed by atoms with Gasteiger partial charge < -0.3 is 5.32 Å². The van der Waals surface area contributed by atoms with Gasteiger partial charge >= 0.3 is 0 Å². The molecular weight excluding hydrogens is 292 g/mol. The summed E-state index contributed by atoms with van der Waals surface area (Å²) in [5.74, 6) is 0. The molecule has 0 saturated heterocycles. The molecule has 3 aromatic carbocycles. The first kappa shape index (κ1) is 16.0. The Morgan fingerprint density at radius 3 is 2.29 bits per heavy atom. The second-order valence-electron chi connectivity index (χ2n) is 5.95. The van der Waals surface area contributed by atoms with Crippen LogP contribution in [0.15, 0.2) is 78.9 Å². The van der Waals surface area contributed by atoms with Gasteiger partial charge in [0.1, 0.15) is 0 Å². The molecule has 0 fully saturated rings. The van der Waals surface area contributed by atoms with Crippen molar-refractivity contribution in [3.8, 4) is 6.07 Å². The minimum atomic E-state index is 0.123. The second kappa shape index (κ2) is 7.59. The molecule has 3 aromatic rings. The van der Waals surface area contributed by atoms with E-state index in [9.17, 15) is 0 Å². The van der Waals surface area contributed by atoms with Crippen LogP contribution in [0.5, 0.6) is 0 Å². The minimum Gasteiger partial charge on any atom is -0.302 e. The van der Waals surface area contributed by atoms with Gasteiger partial charge in [0.05, 0.1) is 17.7 Å². The Morgan fingerprint density at radius 2 is 1.58 bits per heavy atom. The van der Waals surface area contributed by atoms with E-state index >= 15 is 0 Å². The number of nitriles is 1. The summed E-state index contributed by atoms with van der Waals surface area (Å²) in [6, 6.07) is 29.1. The number of nitrogens with one attached hydrogen (secondary N) is 1. The summed E-state index contributed by atoms with van der Waals surface area (Å²) in [6.45, 7) is 2.81. The van der Waals surface area contributed by atoms with Crippen LogP contribution in [0.4, 0.5) is 0 Å². The summed E-state index contributed by atoms with van der Waals surface area (Å²) < 4.78 is 0. The van der Waals surface area contributed by atoms with Crippen LogP contribution in [-0.4, -0.2) is 0 Å². The van der Waals surface area contributed by atoms with Crippen LogP contribution < -0.4 is 5.32 Å². The molecule has 118 valence electrons. The van der Waals surface area contributed by atoms with E-state index in [-0.39, 0.29) is 6.04 Å². The first-order chi connectivity index (χ1) is 11.8. The Labute approximate surface area is 143 Å². The molecule has 0 aliphatic heterocycles. The summed E-state index contributed by atoms with van der Waals surface area (Å²) in [5.41, 5.74) is 5.54. The van der Waals surface area contributed by atoms with Crippen LogP contribution in [-0.2, 0) is 6.54 Å². The molecule has 2 heteroatoms. The molecule has 1 atom stereocenters. The number of aryl methyl sites for hydroxylation is 1. The fourth-order valence-electron chi connectivity index (χ4n) is 2.80. The lowest BCUT2D eigenvalue weighted by Crippen LogP contribution is -2.22. The predicted octanol–water partition coefficient (Wildman–Crippen LogP) is 4.75. The smallest absolute Gasteiger partial charge is 0.0991 e. The van der Waals surface area contributed by atoms with Crippen molar-refractivity contribution in [1.82, 2.24) is 5.32 Å². The maximum absolute atomic E-state index is 9.05. The third-order valence-electron chi connectivity index (χ3n) is 4.11. The lowest BCUT2D eigenvalue weighted by atomic mass is 9.97. The lowest BCUT2D eigenvalue weighted by Gasteiger charge is -2.20. The molecule has 2 nitrogen and oxygen atoms in total.